The van der Waals surface area contributed by atoms with Gasteiger partial charge in [0, 0.05) is 31.1 Å². The molecule has 0 aliphatic carbocycles. The molecule has 0 bridgehead atoms. The number of ketones is 1. The van der Waals surface area contributed by atoms with Crippen molar-refractivity contribution in [3.63, 3.8) is 0 Å². The molecule has 1 aromatic carbocycles. The van der Waals surface area contributed by atoms with Crippen molar-refractivity contribution in [1.29, 1.82) is 0 Å². The van der Waals surface area contributed by atoms with Crippen molar-refractivity contribution < 1.29 is 4.79 Å². The first kappa shape index (κ1) is 19.1. The molecule has 24 heavy (non-hydrogen) atoms. The van der Waals surface area contributed by atoms with Gasteiger partial charge in [0.05, 0.1) is 0 Å². The third kappa shape index (κ3) is 7.59. The largest absolute Gasteiger partial charge is 0.310 e. The third-order valence-electron chi connectivity index (χ3n) is 4.81. The van der Waals surface area contributed by atoms with Gasteiger partial charge in [-0.05, 0) is 38.4 Å². The minimum Gasteiger partial charge on any atom is -0.310 e. The summed E-state index contributed by atoms with van der Waals surface area (Å²) in [6.45, 7) is 5.49. The molecule has 2 rings (SSSR count). The lowest BCUT2D eigenvalue weighted by Crippen LogP contribution is -2.25. The Bertz CT molecular complexity index is 479. The first-order valence-electron chi connectivity index (χ1n) is 9.73. The Labute approximate surface area is 147 Å². The summed E-state index contributed by atoms with van der Waals surface area (Å²) in [7, 11) is 2.14. The lowest BCUT2D eigenvalue weighted by atomic mass is 10.0. The van der Waals surface area contributed by atoms with Gasteiger partial charge in [0.2, 0.25) is 0 Å². The molecule has 1 fully saturated rings. The Hall–Kier alpha value is -1.19. The maximum absolute atomic E-state index is 12.3. The predicted molar refractivity (Wildman–Crippen MR) is 102 cm³/mol. The summed E-state index contributed by atoms with van der Waals surface area (Å²) >= 11 is 0. The highest BCUT2D eigenvalue weighted by molar-refractivity contribution is 5.96. The van der Waals surface area contributed by atoms with Gasteiger partial charge in [-0.25, -0.2) is 0 Å². The van der Waals surface area contributed by atoms with Crippen molar-refractivity contribution in [2.75, 3.05) is 26.7 Å². The second-order valence-corrected chi connectivity index (χ2v) is 7.26. The van der Waals surface area contributed by atoms with E-state index in [2.05, 4.69) is 36.3 Å². The second-order valence-electron chi connectivity index (χ2n) is 7.26. The normalized spacial score (nSPS) is 16.5. The molecule has 0 spiro atoms. The molecular weight excluding hydrogens is 296 g/mol. The molecule has 1 aliphatic heterocycles. The van der Waals surface area contributed by atoms with Crippen molar-refractivity contribution in [1.82, 2.24) is 10.2 Å². The number of nitrogens with one attached hydrogen (secondary N) is 1. The first-order valence-corrected chi connectivity index (χ1v) is 9.73. The summed E-state index contributed by atoms with van der Waals surface area (Å²) in [5.74, 6) is 0.280. The number of Topliss-reactive ketones (excluding diaryl/α,β-unsaturated/α-hetero) is 1. The number of hydrogen-bond acceptors (Lipinski definition) is 3. The van der Waals surface area contributed by atoms with Crippen LogP contribution in [0.3, 0.4) is 0 Å². The summed E-state index contributed by atoms with van der Waals surface area (Å²) in [5.41, 5.74) is 2.23. The van der Waals surface area contributed by atoms with Crippen LogP contribution < -0.4 is 5.32 Å². The lowest BCUT2D eigenvalue weighted by molar-refractivity contribution is 0.0976. The first-order chi connectivity index (χ1) is 11.7. The summed E-state index contributed by atoms with van der Waals surface area (Å²) in [4.78, 5) is 14.6. The van der Waals surface area contributed by atoms with E-state index in [1.807, 2.05) is 12.1 Å². The van der Waals surface area contributed by atoms with Crippen LogP contribution in [-0.2, 0) is 6.42 Å². The number of nitrogens with zero attached hydrogens (tertiary/aromatic N) is 1. The van der Waals surface area contributed by atoms with Gasteiger partial charge in [-0.3, -0.25) is 4.79 Å². The number of carbonyl (C=O) groups excluding carboxylic acids is 1. The van der Waals surface area contributed by atoms with Crippen molar-refractivity contribution >= 4 is 5.78 Å². The zero-order chi connectivity index (χ0) is 17.2. The molecule has 1 saturated heterocycles. The van der Waals surface area contributed by atoms with E-state index in [4.69, 9.17) is 0 Å². The van der Waals surface area contributed by atoms with Crippen LogP contribution in [0.5, 0.6) is 0 Å². The maximum atomic E-state index is 12.3. The van der Waals surface area contributed by atoms with E-state index in [9.17, 15) is 4.79 Å². The Morgan fingerprint density at radius 2 is 1.83 bits per heavy atom. The molecule has 1 aromatic rings. The molecule has 1 unspecified atom stereocenters. The average Bonchev–Trinajstić information content (AvgIpc) is 3.39. The molecule has 0 aromatic heterocycles. The minimum atomic E-state index is 0.280. The van der Waals surface area contributed by atoms with Crippen LogP contribution in [0.25, 0.3) is 0 Å². The van der Waals surface area contributed by atoms with Crippen LogP contribution in [0.4, 0.5) is 0 Å². The second kappa shape index (κ2) is 10.6. The fourth-order valence-electron chi connectivity index (χ4n) is 3.12. The van der Waals surface area contributed by atoms with Gasteiger partial charge in [-0.1, -0.05) is 56.9 Å². The molecule has 134 valence electrons. The Morgan fingerprint density at radius 1 is 1.12 bits per heavy atom. The van der Waals surface area contributed by atoms with E-state index < -0.39 is 0 Å². The Morgan fingerprint density at radius 3 is 2.50 bits per heavy atom. The van der Waals surface area contributed by atoms with E-state index >= 15 is 0 Å². The van der Waals surface area contributed by atoms with Gasteiger partial charge >= 0.3 is 0 Å². The van der Waals surface area contributed by atoms with Crippen molar-refractivity contribution in [3.05, 3.63) is 35.4 Å². The molecule has 1 heterocycles. The molecule has 0 amide bonds. The number of hydrogen-bond donors (Lipinski definition) is 1. The van der Waals surface area contributed by atoms with Gasteiger partial charge in [0.25, 0.3) is 0 Å². The van der Waals surface area contributed by atoms with Gasteiger partial charge in [-0.15, -0.1) is 0 Å². The van der Waals surface area contributed by atoms with Crippen LogP contribution in [0, 0.1) is 0 Å². The molecule has 1 N–H and O–H groups in total. The predicted octanol–water partition coefficient (Wildman–Crippen LogP) is 4.07. The van der Waals surface area contributed by atoms with Crippen molar-refractivity contribution in [2.24, 2.45) is 0 Å². The van der Waals surface area contributed by atoms with Gasteiger partial charge < -0.3 is 10.2 Å². The van der Waals surface area contributed by atoms with Crippen LogP contribution in [0.1, 0.15) is 67.8 Å². The number of benzene rings is 1. The Kier molecular flexibility index (Phi) is 8.48. The van der Waals surface area contributed by atoms with Crippen LogP contribution >= 0.6 is 0 Å². The fraction of sp³-hybridized carbons (Fsp3) is 0.667. The fourth-order valence-corrected chi connectivity index (χ4v) is 3.12. The van der Waals surface area contributed by atoms with E-state index in [1.165, 1.54) is 37.7 Å². The van der Waals surface area contributed by atoms with E-state index in [0.29, 0.717) is 12.5 Å². The molecule has 0 radical (unpaired) electrons. The molecule has 1 atom stereocenters. The molecule has 0 saturated carbocycles. The highest BCUT2D eigenvalue weighted by atomic mass is 16.1. The summed E-state index contributed by atoms with van der Waals surface area (Å²) < 4.78 is 0. The lowest BCUT2D eigenvalue weighted by Gasteiger charge is -2.15. The number of rotatable bonds is 13. The summed E-state index contributed by atoms with van der Waals surface area (Å²) in [6, 6.07) is 8.99. The molecule has 3 nitrogen and oxygen atoms in total. The standard InChI is InChI=1S/C21H34N2O/c1-3-4-5-6-7-9-18-11-13-19(14-12-18)21(24)10-8-15-23(2)17-20-16-22-20/h11-14,20,22H,3-10,15-17H2,1-2H3. The maximum Gasteiger partial charge on any atom is 0.162 e. The highest BCUT2D eigenvalue weighted by Gasteiger charge is 2.21. The van der Waals surface area contributed by atoms with Gasteiger partial charge in [-0.2, -0.15) is 0 Å². The summed E-state index contributed by atoms with van der Waals surface area (Å²) in [6.07, 6.45) is 9.30. The quantitative estimate of drug-likeness (QED) is 0.337. The average molecular weight is 331 g/mol. The van der Waals surface area contributed by atoms with E-state index in [-0.39, 0.29) is 5.78 Å². The van der Waals surface area contributed by atoms with Crippen molar-refractivity contribution in [3.8, 4) is 0 Å². The SMILES string of the molecule is CCCCCCCc1ccc(C(=O)CCCN(C)CC2CN2)cc1. The minimum absolute atomic E-state index is 0.280. The molecule has 3 heteroatoms. The number of aryl methyl sites for hydroxylation is 1. The molecular formula is C21H34N2O. The van der Waals surface area contributed by atoms with Crippen LogP contribution in [0.2, 0.25) is 0 Å². The number of unbranched alkanes of at least 4 members (excludes halogenated alkanes) is 4. The van der Waals surface area contributed by atoms with E-state index in [1.54, 1.807) is 0 Å². The smallest absolute Gasteiger partial charge is 0.162 e. The number of carbonyl (C=O) groups is 1. The van der Waals surface area contributed by atoms with Gasteiger partial charge in [0.15, 0.2) is 5.78 Å². The zero-order valence-corrected chi connectivity index (χ0v) is 15.5. The Balaban J connectivity index is 1.62. The van der Waals surface area contributed by atoms with Crippen LogP contribution in [0.15, 0.2) is 24.3 Å². The zero-order valence-electron chi connectivity index (χ0n) is 15.5. The van der Waals surface area contributed by atoms with Crippen LogP contribution in [-0.4, -0.2) is 43.4 Å². The molecule has 1 aliphatic rings. The topological polar surface area (TPSA) is 42.2 Å². The van der Waals surface area contributed by atoms with E-state index in [0.717, 1.165) is 38.0 Å². The number of likely N-dealkylation sites (N-methyl/N-ethyl adjacent to an activating group) is 1. The van der Waals surface area contributed by atoms with Gasteiger partial charge in [0.1, 0.15) is 0 Å². The third-order valence-corrected chi connectivity index (χ3v) is 4.81. The monoisotopic (exact) mass is 330 g/mol. The highest BCUT2D eigenvalue weighted by Crippen LogP contribution is 2.12. The van der Waals surface area contributed by atoms with Crippen molar-refractivity contribution in [2.45, 2.75) is 64.3 Å². The summed E-state index contributed by atoms with van der Waals surface area (Å²) in [5, 5.41) is 3.31.